The third-order valence-corrected chi connectivity index (χ3v) is 5.12. The minimum Gasteiger partial charge on any atom is -0.505 e. The third kappa shape index (κ3) is 5.05. The van der Waals surface area contributed by atoms with Crippen LogP contribution in [0.15, 0.2) is 42.6 Å². The van der Waals surface area contributed by atoms with Crippen LogP contribution in [0.1, 0.15) is 35.3 Å². The topological polar surface area (TPSA) is 76.9 Å². The second kappa shape index (κ2) is 8.67. The van der Waals surface area contributed by atoms with Gasteiger partial charge in [-0.3, -0.25) is 9.69 Å². The van der Waals surface area contributed by atoms with Crippen molar-refractivity contribution < 1.29 is 19.4 Å². The fourth-order valence-electron chi connectivity index (χ4n) is 3.71. The first-order valence-electron chi connectivity index (χ1n) is 9.45. The van der Waals surface area contributed by atoms with Crippen molar-refractivity contribution >= 4 is 5.91 Å². The number of benzene rings is 1. The van der Waals surface area contributed by atoms with E-state index in [9.17, 15) is 19.4 Å². The number of carbonyl (C=O) groups excluding carboxylic acids is 1. The molecule has 1 atom stereocenters. The van der Waals surface area contributed by atoms with E-state index in [1.165, 1.54) is 24.4 Å². The van der Waals surface area contributed by atoms with Crippen molar-refractivity contribution in [2.45, 2.75) is 31.4 Å². The summed E-state index contributed by atoms with van der Waals surface area (Å²) in [5.74, 6) is -0.717. The summed E-state index contributed by atoms with van der Waals surface area (Å²) in [5.41, 5.74) is 0.112. The fourth-order valence-corrected chi connectivity index (χ4v) is 3.71. The van der Waals surface area contributed by atoms with Gasteiger partial charge >= 0.3 is 0 Å². The molecule has 0 spiro atoms. The summed E-state index contributed by atoms with van der Waals surface area (Å²) in [6, 6.07) is 9.36. The number of likely N-dealkylation sites (tertiary alicyclic amines) is 1. The van der Waals surface area contributed by atoms with Crippen molar-refractivity contribution in [1.29, 1.82) is 0 Å². The van der Waals surface area contributed by atoms with E-state index in [0.717, 1.165) is 5.56 Å². The van der Waals surface area contributed by atoms with Gasteiger partial charge in [0.25, 0.3) is 5.91 Å². The number of pyridine rings is 1. The summed E-state index contributed by atoms with van der Waals surface area (Å²) >= 11 is 0. The number of halogens is 1. The average molecular weight is 387 g/mol. The van der Waals surface area contributed by atoms with Gasteiger partial charge in [-0.05, 0) is 56.1 Å². The van der Waals surface area contributed by atoms with E-state index in [2.05, 4.69) is 4.98 Å². The molecular formula is C21H26FN3O3. The summed E-state index contributed by atoms with van der Waals surface area (Å²) in [6.07, 6.45) is 3.17. The minimum atomic E-state index is -0.907. The lowest BCUT2D eigenvalue weighted by atomic mass is 9.94. The molecule has 1 aromatic heterocycles. The second-order valence-electron chi connectivity index (χ2n) is 7.54. The van der Waals surface area contributed by atoms with Gasteiger partial charge in [-0.25, -0.2) is 9.37 Å². The van der Waals surface area contributed by atoms with Crippen molar-refractivity contribution in [3.8, 4) is 5.75 Å². The summed E-state index contributed by atoms with van der Waals surface area (Å²) in [4.78, 5) is 20.3. The molecule has 1 aliphatic rings. The molecule has 2 N–H and O–H groups in total. The van der Waals surface area contributed by atoms with Crippen molar-refractivity contribution in [3.05, 3.63) is 59.7 Å². The lowest BCUT2D eigenvalue weighted by Gasteiger charge is -2.31. The van der Waals surface area contributed by atoms with Crippen molar-refractivity contribution in [2.75, 3.05) is 26.7 Å². The van der Waals surface area contributed by atoms with Crippen LogP contribution < -0.4 is 0 Å². The van der Waals surface area contributed by atoms with Crippen molar-refractivity contribution in [2.24, 2.45) is 0 Å². The highest BCUT2D eigenvalue weighted by molar-refractivity contribution is 5.94. The number of aromatic hydroxyl groups is 1. The SMILES string of the molecule is CN(Cc1ccc(F)cc1)C[C@]1(O)CCCN(C(=O)c2ncccc2O)CC1. The largest absolute Gasteiger partial charge is 0.505 e. The summed E-state index contributed by atoms with van der Waals surface area (Å²) in [6.45, 7) is 1.98. The molecule has 0 unspecified atom stereocenters. The summed E-state index contributed by atoms with van der Waals surface area (Å²) in [7, 11) is 1.92. The smallest absolute Gasteiger partial charge is 0.276 e. The zero-order chi connectivity index (χ0) is 20.1. The highest BCUT2D eigenvalue weighted by atomic mass is 19.1. The highest BCUT2D eigenvalue weighted by Crippen LogP contribution is 2.25. The fraction of sp³-hybridized carbons (Fsp3) is 0.429. The molecule has 1 aromatic carbocycles. The predicted octanol–water partition coefficient (Wildman–Crippen LogP) is 2.42. The van der Waals surface area contributed by atoms with E-state index < -0.39 is 5.60 Å². The summed E-state index contributed by atoms with van der Waals surface area (Å²) < 4.78 is 13.0. The van der Waals surface area contributed by atoms with Gasteiger partial charge in [0.1, 0.15) is 11.6 Å². The Balaban J connectivity index is 1.59. The zero-order valence-corrected chi connectivity index (χ0v) is 16.0. The number of nitrogens with zero attached hydrogens (tertiary/aromatic N) is 3. The molecule has 1 amide bonds. The number of amides is 1. The van der Waals surface area contributed by atoms with Gasteiger partial charge in [-0.15, -0.1) is 0 Å². The maximum absolute atomic E-state index is 13.0. The number of likely N-dealkylation sites (N-methyl/N-ethyl adjacent to an activating group) is 1. The third-order valence-electron chi connectivity index (χ3n) is 5.12. The molecule has 0 bridgehead atoms. The van der Waals surface area contributed by atoms with Crippen molar-refractivity contribution in [3.63, 3.8) is 0 Å². The molecule has 7 heteroatoms. The predicted molar refractivity (Wildman–Crippen MR) is 103 cm³/mol. The normalized spacial score (nSPS) is 20.2. The van der Waals surface area contributed by atoms with Crippen LogP contribution in [0.3, 0.4) is 0 Å². The number of aromatic nitrogens is 1. The van der Waals surface area contributed by atoms with Gasteiger partial charge in [-0.2, -0.15) is 0 Å². The Morgan fingerprint density at radius 2 is 2.00 bits per heavy atom. The van der Waals surface area contributed by atoms with Crippen molar-refractivity contribution in [1.82, 2.24) is 14.8 Å². The lowest BCUT2D eigenvalue weighted by molar-refractivity contribution is -0.00402. The van der Waals surface area contributed by atoms with E-state index in [1.54, 1.807) is 23.1 Å². The van der Waals surface area contributed by atoms with E-state index in [4.69, 9.17) is 0 Å². The van der Waals surface area contributed by atoms with Gasteiger partial charge in [0.2, 0.25) is 0 Å². The monoisotopic (exact) mass is 387 g/mol. The Morgan fingerprint density at radius 1 is 1.25 bits per heavy atom. The van der Waals surface area contributed by atoms with E-state index in [-0.39, 0.29) is 23.2 Å². The lowest BCUT2D eigenvalue weighted by Crippen LogP contribution is -2.42. The molecule has 0 aliphatic carbocycles. The van der Waals surface area contributed by atoms with Gasteiger partial charge < -0.3 is 15.1 Å². The van der Waals surface area contributed by atoms with Gasteiger partial charge in [-0.1, -0.05) is 12.1 Å². The Morgan fingerprint density at radius 3 is 2.71 bits per heavy atom. The standard InChI is InChI=1S/C21H26FN3O3/c1-24(14-16-5-7-17(22)8-6-16)15-21(28)9-3-12-25(13-10-21)20(27)19-18(26)4-2-11-23-19/h2,4-8,11,26,28H,3,9-10,12-15H2,1H3/t21-/m0/s1. The van der Waals surface area contributed by atoms with Crippen LogP contribution in [-0.4, -0.2) is 63.2 Å². The van der Waals surface area contributed by atoms with Crippen LogP contribution in [0.2, 0.25) is 0 Å². The summed E-state index contributed by atoms with van der Waals surface area (Å²) in [5, 5.41) is 20.9. The molecule has 1 fully saturated rings. The molecule has 1 aliphatic heterocycles. The Hall–Kier alpha value is -2.51. The quantitative estimate of drug-likeness (QED) is 0.824. The Bertz CT molecular complexity index is 815. The van der Waals surface area contributed by atoms with E-state index in [0.29, 0.717) is 45.4 Å². The van der Waals surface area contributed by atoms with Crippen LogP contribution in [0.4, 0.5) is 4.39 Å². The first-order valence-corrected chi connectivity index (χ1v) is 9.45. The maximum atomic E-state index is 13.0. The zero-order valence-electron chi connectivity index (χ0n) is 16.0. The number of aliphatic hydroxyl groups is 1. The first-order chi connectivity index (χ1) is 13.4. The molecule has 2 heterocycles. The average Bonchev–Trinajstić information content (AvgIpc) is 2.85. The number of carbonyl (C=O) groups is 1. The number of hydrogen-bond acceptors (Lipinski definition) is 5. The van der Waals surface area contributed by atoms with E-state index >= 15 is 0 Å². The number of rotatable bonds is 5. The Labute approximate surface area is 164 Å². The van der Waals surface area contributed by atoms with Crippen LogP contribution in [-0.2, 0) is 6.54 Å². The van der Waals surface area contributed by atoms with Crippen LogP contribution in [0, 0.1) is 5.82 Å². The molecule has 1 saturated heterocycles. The molecule has 3 rings (SSSR count). The molecule has 2 aromatic rings. The van der Waals surface area contributed by atoms with Gasteiger partial charge in [0.05, 0.1) is 5.60 Å². The van der Waals surface area contributed by atoms with Gasteiger partial charge in [0, 0.05) is 32.4 Å². The molecule has 0 saturated carbocycles. The van der Waals surface area contributed by atoms with E-state index in [1.807, 2.05) is 11.9 Å². The molecular weight excluding hydrogens is 361 g/mol. The van der Waals surface area contributed by atoms with Crippen LogP contribution in [0.25, 0.3) is 0 Å². The molecule has 6 nitrogen and oxygen atoms in total. The molecule has 28 heavy (non-hydrogen) atoms. The maximum Gasteiger partial charge on any atom is 0.276 e. The van der Waals surface area contributed by atoms with Gasteiger partial charge in [0.15, 0.2) is 5.69 Å². The first kappa shape index (κ1) is 20.2. The van der Waals surface area contributed by atoms with Crippen LogP contribution in [0.5, 0.6) is 5.75 Å². The Kier molecular flexibility index (Phi) is 6.26. The number of hydrogen-bond donors (Lipinski definition) is 2. The molecule has 0 radical (unpaired) electrons. The minimum absolute atomic E-state index is 0.0429. The molecule has 150 valence electrons. The highest BCUT2D eigenvalue weighted by Gasteiger charge is 2.33. The van der Waals surface area contributed by atoms with Crippen LogP contribution >= 0.6 is 0 Å². The second-order valence-corrected chi connectivity index (χ2v) is 7.54.